The van der Waals surface area contributed by atoms with E-state index in [0.29, 0.717) is 13.1 Å². The molecule has 1 unspecified atom stereocenters. The molecular formula is C30H27N3O3S. The lowest BCUT2D eigenvalue weighted by Crippen LogP contribution is -2.21. The molecule has 4 aromatic rings. The van der Waals surface area contributed by atoms with Gasteiger partial charge in [-0.3, -0.25) is 0 Å². The molecule has 1 aliphatic rings. The molecule has 0 amide bonds. The van der Waals surface area contributed by atoms with E-state index >= 15 is 0 Å². The number of rotatable bonds is 9. The Hall–Kier alpha value is -4.07. The van der Waals surface area contributed by atoms with E-state index in [9.17, 15) is 13.2 Å². The molecule has 186 valence electrons. The van der Waals surface area contributed by atoms with Crippen molar-refractivity contribution >= 4 is 23.1 Å². The van der Waals surface area contributed by atoms with Crippen molar-refractivity contribution in [3.8, 4) is 22.4 Å². The van der Waals surface area contributed by atoms with Crippen molar-refractivity contribution in [3.63, 3.8) is 0 Å². The third-order valence-electron chi connectivity index (χ3n) is 6.38. The minimum atomic E-state index is -2.41. The van der Waals surface area contributed by atoms with Crippen LogP contribution in [-0.4, -0.2) is 19.7 Å². The van der Waals surface area contributed by atoms with Crippen LogP contribution < -0.4 is 10.6 Å². The summed E-state index contributed by atoms with van der Waals surface area (Å²) < 4.78 is 21.8. The van der Waals surface area contributed by atoms with Crippen molar-refractivity contribution in [2.24, 2.45) is 0 Å². The Labute approximate surface area is 218 Å². The summed E-state index contributed by atoms with van der Waals surface area (Å²) in [4.78, 5) is 16.6. The van der Waals surface area contributed by atoms with Gasteiger partial charge in [0.1, 0.15) is 23.0 Å². The smallest absolute Gasteiger partial charge is 0.146 e. The lowest BCUT2D eigenvalue weighted by atomic mass is 9.93. The van der Waals surface area contributed by atoms with E-state index in [1.807, 2.05) is 48.5 Å². The van der Waals surface area contributed by atoms with E-state index < -0.39 is 16.7 Å². The van der Waals surface area contributed by atoms with Crippen molar-refractivity contribution in [1.82, 2.24) is 15.6 Å². The predicted molar refractivity (Wildman–Crippen MR) is 147 cm³/mol. The van der Waals surface area contributed by atoms with Crippen LogP contribution >= 0.6 is 0 Å². The summed E-state index contributed by atoms with van der Waals surface area (Å²) in [7, 11) is -2.41. The zero-order valence-corrected chi connectivity index (χ0v) is 21.0. The molecule has 6 nitrogen and oxygen atoms in total. The summed E-state index contributed by atoms with van der Waals surface area (Å²) in [5.74, 6) is 0.0747. The molecule has 0 fully saturated rings. The molecule has 5 rings (SSSR count). The van der Waals surface area contributed by atoms with Gasteiger partial charge in [-0.1, -0.05) is 78.9 Å². The van der Waals surface area contributed by atoms with Crippen molar-refractivity contribution < 1.29 is 13.2 Å². The minimum absolute atomic E-state index is 0.0747. The Morgan fingerprint density at radius 3 is 2.14 bits per heavy atom. The molecule has 0 spiro atoms. The lowest BCUT2D eigenvalue weighted by molar-refractivity contribution is -0.109. The molecule has 1 aliphatic heterocycles. The number of aldehydes is 1. The summed E-state index contributed by atoms with van der Waals surface area (Å²) in [5.41, 5.74) is 8.63. The van der Waals surface area contributed by atoms with Crippen LogP contribution in [0.25, 0.3) is 28.5 Å². The first kappa shape index (κ1) is 24.6. The fraction of sp³-hybridized carbons (Fsp3) is 0.133. The number of benzene rings is 3. The van der Waals surface area contributed by atoms with Crippen LogP contribution in [-0.2, 0) is 34.3 Å². The van der Waals surface area contributed by atoms with E-state index in [2.05, 4.69) is 53.1 Å². The average molecular weight is 510 g/mol. The highest BCUT2D eigenvalue weighted by Crippen LogP contribution is 2.35. The van der Waals surface area contributed by atoms with Gasteiger partial charge in [-0.2, -0.15) is 0 Å². The molecular weight excluding hydrogens is 482 g/mol. The second-order valence-corrected chi connectivity index (χ2v) is 9.93. The number of carbonyl (C=O) groups excluding carboxylic acids is 1. The predicted octanol–water partition coefficient (Wildman–Crippen LogP) is 4.63. The van der Waals surface area contributed by atoms with Crippen LogP contribution in [0.5, 0.6) is 0 Å². The Kier molecular flexibility index (Phi) is 7.54. The summed E-state index contributed by atoms with van der Waals surface area (Å²) in [6.45, 7) is 1.39. The number of nitrogens with zero attached hydrogens (tertiary/aromatic N) is 1. The number of thiol groups is 1. The number of hydrogen-bond donors (Lipinski definition) is 3. The summed E-state index contributed by atoms with van der Waals surface area (Å²) in [6.07, 6.45) is 4.58. The molecule has 0 saturated carbocycles. The highest BCUT2D eigenvalue weighted by Gasteiger charge is 2.21. The Morgan fingerprint density at radius 2 is 1.49 bits per heavy atom. The second-order valence-electron chi connectivity index (χ2n) is 8.95. The average Bonchev–Trinajstić information content (AvgIpc) is 2.93. The van der Waals surface area contributed by atoms with Crippen LogP contribution in [0.4, 0.5) is 0 Å². The van der Waals surface area contributed by atoms with Gasteiger partial charge in [-0.25, -0.2) is 13.4 Å². The molecule has 3 aromatic carbocycles. The van der Waals surface area contributed by atoms with Crippen LogP contribution in [0.15, 0.2) is 91.1 Å². The zero-order valence-electron chi connectivity index (χ0n) is 20.1. The third-order valence-corrected chi connectivity index (χ3v) is 7.00. The first-order chi connectivity index (χ1) is 18.1. The van der Waals surface area contributed by atoms with Crippen LogP contribution in [0.3, 0.4) is 0 Å². The number of carbonyl (C=O) groups is 1. The molecule has 0 bridgehead atoms. The molecule has 0 radical (unpaired) electrons. The monoisotopic (exact) mass is 509 g/mol. The highest BCUT2D eigenvalue weighted by atomic mass is 32.2. The molecule has 0 saturated heterocycles. The molecule has 0 aliphatic carbocycles. The maximum Gasteiger partial charge on any atom is 0.146 e. The fourth-order valence-electron chi connectivity index (χ4n) is 4.46. The van der Waals surface area contributed by atoms with Gasteiger partial charge < -0.3 is 15.4 Å². The van der Waals surface area contributed by atoms with Crippen molar-refractivity contribution in [3.05, 3.63) is 119 Å². The lowest BCUT2D eigenvalue weighted by Gasteiger charge is -2.21. The van der Waals surface area contributed by atoms with Crippen molar-refractivity contribution in [1.29, 1.82) is 0 Å². The topological polar surface area (TPSA) is 88.2 Å². The number of nitrogens with one attached hydrogen (secondary N) is 2. The van der Waals surface area contributed by atoms with Gasteiger partial charge in [0.05, 0.1) is 17.1 Å². The van der Waals surface area contributed by atoms with Crippen LogP contribution in [0.2, 0.25) is 0 Å². The van der Waals surface area contributed by atoms with Gasteiger partial charge in [0.2, 0.25) is 0 Å². The zero-order chi connectivity index (χ0) is 25.6. The van der Waals surface area contributed by atoms with Gasteiger partial charge >= 0.3 is 0 Å². The van der Waals surface area contributed by atoms with E-state index in [1.54, 1.807) is 6.20 Å². The third kappa shape index (κ3) is 5.85. The summed E-state index contributed by atoms with van der Waals surface area (Å²) >= 11 is 0. The molecule has 1 atom stereocenters. The van der Waals surface area contributed by atoms with Gasteiger partial charge in [0.25, 0.3) is 0 Å². The largest absolute Gasteiger partial charge is 0.378 e. The quantitative estimate of drug-likeness (QED) is 0.225. The summed E-state index contributed by atoms with van der Waals surface area (Å²) in [6, 6.07) is 27.7. The molecule has 7 heteroatoms. The first-order valence-corrected chi connectivity index (χ1v) is 13.4. The van der Waals surface area contributed by atoms with E-state index in [1.165, 1.54) is 0 Å². The van der Waals surface area contributed by atoms with E-state index in [-0.39, 0.29) is 5.75 Å². The number of aromatic nitrogens is 1. The maximum atomic E-state index is 11.6. The first-order valence-electron chi connectivity index (χ1n) is 12.1. The Morgan fingerprint density at radius 1 is 0.838 bits per heavy atom. The van der Waals surface area contributed by atoms with Crippen LogP contribution in [0, 0.1) is 0 Å². The van der Waals surface area contributed by atoms with Crippen LogP contribution in [0.1, 0.15) is 34.0 Å². The number of fused-ring (bicyclic) bond motifs is 1. The van der Waals surface area contributed by atoms with E-state index in [0.717, 1.165) is 56.6 Å². The fourth-order valence-corrected chi connectivity index (χ4v) is 4.97. The minimum Gasteiger partial charge on any atom is -0.378 e. The normalized spacial score (nSPS) is 14.2. The van der Waals surface area contributed by atoms with Crippen molar-refractivity contribution in [2.45, 2.75) is 24.9 Å². The Bertz CT molecular complexity index is 1490. The van der Waals surface area contributed by atoms with Gasteiger partial charge in [0.15, 0.2) is 0 Å². The number of hydrogen-bond acceptors (Lipinski definition) is 6. The highest BCUT2D eigenvalue weighted by molar-refractivity contribution is 7.71. The SMILES string of the molecule is O=CC1NC=Cc2nc(-c3ccc(CNCc4ccc(C[SH](=O)=O)cc4)cc3)c(-c3ccccc3)cc21. The Balaban J connectivity index is 1.34. The van der Waals surface area contributed by atoms with Crippen molar-refractivity contribution in [2.75, 3.05) is 0 Å². The van der Waals surface area contributed by atoms with Gasteiger partial charge in [-0.15, -0.1) is 0 Å². The van der Waals surface area contributed by atoms with Gasteiger partial charge in [-0.05, 0) is 40.6 Å². The van der Waals surface area contributed by atoms with E-state index in [4.69, 9.17) is 4.98 Å². The molecule has 2 heterocycles. The second kappa shape index (κ2) is 11.3. The summed E-state index contributed by atoms with van der Waals surface area (Å²) in [5, 5.41) is 6.53. The standard InChI is InChI=1S/C30H27N3O3S/c34-19-29-27-16-26(24-4-2-1-3-5-24)30(33-28(27)14-15-32-29)25-12-10-22(11-13-25)18-31-17-21-6-8-23(9-7-21)20-37(35)36/h1-16,19,29,31-32,37H,17-18,20H2. The van der Waals surface area contributed by atoms with Gasteiger partial charge in [0, 0.05) is 29.8 Å². The molecule has 37 heavy (non-hydrogen) atoms. The molecule has 2 N–H and O–H groups in total. The maximum absolute atomic E-state index is 11.6. The number of pyridine rings is 1. The molecule has 1 aromatic heterocycles.